The average molecular weight is 524 g/mol. The summed E-state index contributed by atoms with van der Waals surface area (Å²) >= 11 is 0. The van der Waals surface area contributed by atoms with E-state index in [1.54, 1.807) is 0 Å². The molecule has 0 bridgehead atoms. The number of hydrogen-bond donors (Lipinski definition) is 1. The van der Waals surface area contributed by atoms with Gasteiger partial charge in [0, 0.05) is 17.5 Å². The Morgan fingerprint density at radius 2 is 1.49 bits per heavy atom. The summed E-state index contributed by atoms with van der Waals surface area (Å²) in [6, 6.07) is 28.2. The van der Waals surface area contributed by atoms with Crippen LogP contribution in [0, 0.1) is 0 Å². The number of hydrogen-bond acceptors (Lipinski definition) is 4. The van der Waals surface area contributed by atoms with Gasteiger partial charge in [0.2, 0.25) is 0 Å². The zero-order valence-electron chi connectivity index (χ0n) is 24.0. The second-order valence-corrected chi connectivity index (χ2v) is 10.6. The minimum atomic E-state index is 0.194. The summed E-state index contributed by atoms with van der Waals surface area (Å²) in [7, 11) is 0. The zero-order valence-corrected chi connectivity index (χ0v) is 24.0. The van der Waals surface area contributed by atoms with E-state index in [0.29, 0.717) is 11.8 Å². The molecule has 2 atom stereocenters. The third kappa shape index (κ3) is 8.37. The van der Waals surface area contributed by atoms with E-state index in [1.165, 1.54) is 60.8 Å². The van der Waals surface area contributed by atoms with E-state index in [-0.39, 0.29) is 6.04 Å². The third-order valence-corrected chi connectivity index (χ3v) is 7.67. The van der Waals surface area contributed by atoms with E-state index in [1.807, 2.05) is 0 Å². The van der Waals surface area contributed by atoms with Gasteiger partial charge >= 0.3 is 0 Å². The Labute approximate surface area is 235 Å². The van der Waals surface area contributed by atoms with Gasteiger partial charge in [0.1, 0.15) is 0 Å². The minimum Gasteiger partial charge on any atom is -0.334 e. The molecule has 4 nitrogen and oxygen atoms in total. The number of rotatable bonds is 16. The van der Waals surface area contributed by atoms with Crippen molar-refractivity contribution in [3.63, 3.8) is 0 Å². The molecule has 3 aromatic carbocycles. The van der Waals surface area contributed by atoms with Crippen molar-refractivity contribution in [2.45, 2.75) is 90.5 Å². The van der Waals surface area contributed by atoms with Crippen molar-refractivity contribution in [1.29, 1.82) is 0 Å². The van der Waals surface area contributed by atoms with E-state index in [9.17, 15) is 0 Å². The second kappa shape index (κ2) is 15.4. The average Bonchev–Trinajstić information content (AvgIpc) is 3.48. The molecule has 1 N–H and O–H groups in total. The molecule has 0 amide bonds. The van der Waals surface area contributed by atoms with Crippen molar-refractivity contribution in [3.05, 3.63) is 95.8 Å². The molecule has 0 aliphatic rings. The van der Waals surface area contributed by atoms with Gasteiger partial charge in [0.05, 0.1) is 0 Å². The van der Waals surface area contributed by atoms with Gasteiger partial charge in [0.25, 0.3) is 5.89 Å². The first-order valence-electron chi connectivity index (χ1n) is 15.0. The Bertz CT molecular complexity index is 1250. The minimum absolute atomic E-state index is 0.194. The smallest absolute Gasteiger partial charge is 0.257 e. The van der Waals surface area contributed by atoms with E-state index < -0.39 is 0 Å². The lowest BCUT2D eigenvalue weighted by Crippen LogP contribution is -2.23. The molecule has 2 unspecified atom stereocenters. The number of aromatic nitrogens is 2. The van der Waals surface area contributed by atoms with Crippen molar-refractivity contribution < 1.29 is 4.52 Å². The molecular weight excluding hydrogens is 478 g/mol. The highest BCUT2D eigenvalue weighted by Gasteiger charge is 2.19. The molecule has 1 aromatic heterocycles. The van der Waals surface area contributed by atoms with Gasteiger partial charge in [-0.2, -0.15) is 4.98 Å². The standard InChI is InChI=1S/C35H45N3O/c1-4-7-8-9-10-12-18-28(5-2)34-37-35(39-38-34)32-23-16-22-31(26-32)33(36-6-3)25-27-17-15-21-30(24-27)29-19-13-11-14-20-29/h11,13-17,19-24,26,28,33,36H,4-10,12,18,25H2,1-3H3. The Balaban J connectivity index is 1.45. The van der Waals surface area contributed by atoms with Crippen LogP contribution < -0.4 is 5.32 Å². The maximum atomic E-state index is 5.79. The van der Waals surface area contributed by atoms with Gasteiger partial charge in [-0.25, -0.2) is 0 Å². The summed E-state index contributed by atoms with van der Waals surface area (Å²) in [6.07, 6.45) is 10.9. The van der Waals surface area contributed by atoms with Crippen LogP contribution in [0.25, 0.3) is 22.6 Å². The lowest BCUT2D eigenvalue weighted by molar-refractivity contribution is 0.407. The van der Waals surface area contributed by atoms with Gasteiger partial charge < -0.3 is 9.84 Å². The first kappa shape index (κ1) is 28.8. The van der Waals surface area contributed by atoms with Gasteiger partial charge in [-0.1, -0.05) is 131 Å². The van der Waals surface area contributed by atoms with Crippen LogP contribution in [-0.4, -0.2) is 16.7 Å². The fraction of sp³-hybridized carbons (Fsp3) is 0.429. The Morgan fingerprint density at radius 1 is 0.744 bits per heavy atom. The number of likely N-dealkylation sites (N-methyl/N-ethyl adjacent to an activating group) is 1. The van der Waals surface area contributed by atoms with Crippen LogP contribution in [0.2, 0.25) is 0 Å². The zero-order chi connectivity index (χ0) is 27.3. The van der Waals surface area contributed by atoms with E-state index >= 15 is 0 Å². The molecule has 0 saturated carbocycles. The molecule has 0 saturated heterocycles. The Hall–Kier alpha value is -3.24. The van der Waals surface area contributed by atoms with Crippen molar-refractivity contribution >= 4 is 0 Å². The lowest BCUT2D eigenvalue weighted by atomic mass is 9.95. The first-order valence-corrected chi connectivity index (χ1v) is 15.0. The van der Waals surface area contributed by atoms with Gasteiger partial charge in [-0.05, 0) is 60.2 Å². The Kier molecular flexibility index (Phi) is 11.3. The molecule has 0 aliphatic heterocycles. The quantitative estimate of drug-likeness (QED) is 0.149. The second-order valence-electron chi connectivity index (χ2n) is 10.6. The van der Waals surface area contributed by atoms with Crippen molar-refractivity contribution in [2.75, 3.05) is 6.54 Å². The maximum absolute atomic E-state index is 5.79. The molecule has 4 rings (SSSR count). The number of nitrogens with zero attached hydrogens (tertiary/aromatic N) is 2. The fourth-order valence-corrected chi connectivity index (χ4v) is 5.39. The lowest BCUT2D eigenvalue weighted by Gasteiger charge is -2.19. The highest BCUT2D eigenvalue weighted by Crippen LogP contribution is 2.29. The van der Waals surface area contributed by atoms with Crippen molar-refractivity contribution in [3.8, 4) is 22.6 Å². The van der Waals surface area contributed by atoms with E-state index in [2.05, 4.69) is 110 Å². The van der Waals surface area contributed by atoms with Gasteiger partial charge in [0.15, 0.2) is 5.82 Å². The highest BCUT2D eigenvalue weighted by molar-refractivity contribution is 5.64. The summed E-state index contributed by atoms with van der Waals surface area (Å²) in [5.74, 6) is 1.84. The SMILES string of the molecule is CCCCCCCCC(CC)c1noc(-c2cccc(C(Cc3cccc(-c4ccccc4)c3)NCC)c2)n1. The van der Waals surface area contributed by atoms with E-state index in [4.69, 9.17) is 9.51 Å². The van der Waals surface area contributed by atoms with Crippen LogP contribution in [0.1, 0.15) is 101 Å². The van der Waals surface area contributed by atoms with E-state index in [0.717, 1.165) is 37.2 Å². The normalized spacial score (nSPS) is 12.9. The largest absolute Gasteiger partial charge is 0.334 e. The molecule has 39 heavy (non-hydrogen) atoms. The Morgan fingerprint density at radius 3 is 2.28 bits per heavy atom. The van der Waals surface area contributed by atoms with Crippen LogP contribution >= 0.6 is 0 Å². The van der Waals surface area contributed by atoms with Crippen molar-refractivity contribution in [1.82, 2.24) is 15.5 Å². The first-order chi connectivity index (χ1) is 19.2. The van der Waals surface area contributed by atoms with Gasteiger partial charge in [-0.3, -0.25) is 0 Å². The highest BCUT2D eigenvalue weighted by atomic mass is 16.5. The van der Waals surface area contributed by atoms with Crippen LogP contribution in [0.3, 0.4) is 0 Å². The van der Waals surface area contributed by atoms with Crippen LogP contribution in [0.15, 0.2) is 83.4 Å². The molecule has 0 radical (unpaired) electrons. The third-order valence-electron chi connectivity index (χ3n) is 7.67. The molecular formula is C35H45N3O. The number of benzene rings is 3. The summed E-state index contributed by atoms with van der Waals surface area (Å²) in [4.78, 5) is 4.86. The predicted octanol–water partition coefficient (Wildman–Crippen LogP) is 9.54. The maximum Gasteiger partial charge on any atom is 0.257 e. The fourth-order valence-electron chi connectivity index (χ4n) is 5.39. The molecule has 1 heterocycles. The number of nitrogens with one attached hydrogen (secondary N) is 1. The summed E-state index contributed by atoms with van der Waals surface area (Å²) in [5.41, 5.74) is 6.03. The monoisotopic (exact) mass is 523 g/mol. The topological polar surface area (TPSA) is 51.0 Å². The molecule has 206 valence electrons. The summed E-state index contributed by atoms with van der Waals surface area (Å²) in [5, 5.41) is 8.10. The van der Waals surface area contributed by atoms with Crippen LogP contribution in [0.4, 0.5) is 0 Å². The molecule has 4 heteroatoms. The van der Waals surface area contributed by atoms with Crippen molar-refractivity contribution in [2.24, 2.45) is 0 Å². The molecule has 0 aliphatic carbocycles. The molecule has 0 fully saturated rings. The predicted molar refractivity (Wildman–Crippen MR) is 163 cm³/mol. The summed E-state index contributed by atoms with van der Waals surface area (Å²) in [6.45, 7) is 7.55. The van der Waals surface area contributed by atoms with Crippen LogP contribution in [-0.2, 0) is 6.42 Å². The molecule has 0 spiro atoms. The summed E-state index contributed by atoms with van der Waals surface area (Å²) < 4.78 is 5.79. The van der Waals surface area contributed by atoms with Gasteiger partial charge in [-0.15, -0.1) is 0 Å². The van der Waals surface area contributed by atoms with Crippen LogP contribution in [0.5, 0.6) is 0 Å². The number of unbranched alkanes of at least 4 members (excludes halogenated alkanes) is 5. The molecule has 4 aromatic rings.